The van der Waals surface area contributed by atoms with Gasteiger partial charge in [-0.25, -0.2) is 0 Å². The summed E-state index contributed by atoms with van der Waals surface area (Å²) in [7, 11) is 0. The Morgan fingerprint density at radius 3 is 1.31 bits per heavy atom. The van der Waals surface area contributed by atoms with Crippen molar-refractivity contribution in [2.45, 2.75) is 0 Å². The molecule has 244 valence electrons. The van der Waals surface area contributed by atoms with Gasteiger partial charge in [-0.2, -0.15) is 0 Å². The van der Waals surface area contributed by atoms with Crippen molar-refractivity contribution >= 4 is 49.6 Å². The quantitative estimate of drug-likeness (QED) is 0.154. The van der Waals surface area contributed by atoms with E-state index in [-0.39, 0.29) is 0 Å². The van der Waals surface area contributed by atoms with Gasteiger partial charge in [-0.3, -0.25) is 0 Å². The largest absolute Gasteiger partial charge is 0.310 e. The Morgan fingerprint density at radius 1 is 0.288 bits per heavy atom. The molecule has 0 radical (unpaired) electrons. The van der Waals surface area contributed by atoms with Crippen LogP contribution in [0.25, 0.3) is 71.6 Å². The van der Waals surface area contributed by atoms with E-state index in [0.717, 1.165) is 28.3 Å². The zero-order chi connectivity index (χ0) is 34.4. The minimum Gasteiger partial charge on any atom is -0.310 e. The molecular formula is C50H34N2. The van der Waals surface area contributed by atoms with E-state index >= 15 is 0 Å². The van der Waals surface area contributed by atoms with Crippen LogP contribution in [0.5, 0.6) is 0 Å². The molecule has 10 rings (SSSR count). The number of aromatic nitrogens is 1. The summed E-state index contributed by atoms with van der Waals surface area (Å²) in [5, 5.41) is 5.21. The topological polar surface area (TPSA) is 8.17 Å². The fourth-order valence-electron chi connectivity index (χ4n) is 7.88. The van der Waals surface area contributed by atoms with Crippen molar-refractivity contribution in [1.29, 1.82) is 0 Å². The molecule has 0 unspecified atom stereocenters. The van der Waals surface area contributed by atoms with Crippen molar-refractivity contribution in [3.05, 3.63) is 206 Å². The molecule has 0 fully saturated rings. The number of benzene rings is 9. The van der Waals surface area contributed by atoms with E-state index in [0.29, 0.717) is 0 Å². The first-order valence-electron chi connectivity index (χ1n) is 17.8. The highest BCUT2D eigenvalue weighted by Gasteiger charge is 2.18. The van der Waals surface area contributed by atoms with Gasteiger partial charge in [-0.15, -0.1) is 0 Å². The van der Waals surface area contributed by atoms with Crippen molar-refractivity contribution in [2.24, 2.45) is 0 Å². The van der Waals surface area contributed by atoms with Crippen molar-refractivity contribution in [1.82, 2.24) is 4.57 Å². The second-order valence-corrected chi connectivity index (χ2v) is 13.4. The minimum absolute atomic E-state index is 1.10. The molecule has 0 aliphatic carbocycles. The molecule has 0 spiro atoms. The Labute approximate surface area is 303 Å². The van der Waals surface area contributed by atoms with E-state index < -0.39 is 0 Å². The summed E-state index contributed by atoms with van der Waals surface area (Å²) in [5.74, 6) is 0. The Morgan fingerprint density at radius 2 is 0.731 bits per heavy atom. The van der Waals surface area contributed by atoms with Crippen molar-refractivity contribution < 1.29 is 0 Å². The zero-order valence-corrected chi connectivity index (χ0v) is 28.5. The Hall–Kier alpha value is -6.90. The van der Waals surface area contributed by atoms with Gasteiger partial charge in [0.15, 0.2) is 0 Å². The molecular weight excluding hydrogens is 629 g/mol. The summed E-state index contributed by atoms with van der Waals surface area (Å²) in [6.07, 6.45) is 0. The van der Waals surface area contributed by atoms with E-state index in [1.54, 1.807) is 0 Å². The monoisotopic (exact) mass is 662 g/mol. The van der Waals surface area contributed by atoms with Crippen LogP contribution < -0.4 is 4.90 Å². The van der Waals surface area contributed by atoms with Gasteiger partial charge >= 0.3 is 0 Å². The summed E-state index contributed by atoms with van der Waals surface area (Å²) in [6.45, 7) is 0. The minimum atomic E-state index is 1.10. The molecule has 0 N–H and O–H groups in total. The molecule has 52 heavy (non-hydrogen) atoms. The summed E-state index contributed by atoms with van der Waals surface area (Å²) >= 11 is 0. The number of nitrogens with zero attached hydrogens (tertiary/aromatic N) is 2. The lowest BCUT2D eigenvalue weighted by molar-refractivity contribution is 1.18. The molecule has 1 aromatic heterocycles. The lowest BCUT2D eigenvalue weighted by Crippen LogP contribution is -2.10. The van der Waals surface area contributed by atoms with Gasteiger partial charge in [0.2, 0.25) is 0 Å². The average Bonchev–Trinajstić information content (AvgIpc) is 3.57. The van der Waals surface area contributed by atoms with Crippen molar-refractivity contribution in [3.8, 4) is 39.1 Å². The number of anilines is 3. The Kier molecular flexibility index (Phi) is 7.18. The summed E-state index contributed by atoms with van der Waals surface area (Å²) < 4.78 is 2.42. The van der Waals surface area contributed by atoms with Gasteiger partial charge in [-0.05, 0) is 105 Å². The first-order valence-corrected chi connectivity index (χ1v) is 17.8. The predicted octanol–water partition coefficient (Wildman–Crippen LogP) is 13.8. The SMILES string of the molecule is c1ccc(-c2ccc(N(c3cccc(-c4ccccc4)c3)c3cccc(-c4cccc(-n5c6cccc7ccc8cccc5c8c76)c4)c3)cc2)cc1. The maximum Gasteiger partial charge on any atom is 0.0547 e. The zero-order valence-electron chi connectivity index (χ0n) is 28.5. The number of hydrogen-bond acceptors (Lipinski definition) is 1. The van der Waals surface area contributed by atoms with Crippen LogP contribution in [0.3, 0.4) is 0 Å². The molecule has 0 aliphatic rings. The molecule has 2 heteroatoms. The summed E-state index contributed by atoms with van der Waals surface area (Å²) in [4.78, 5) is 2.37. The van der Waals surface area contributed by atoms with E-state index in [4.69, 9.17) is 0 Å². The van der Waals surface area contributed by atoms with Crippen LogP contribution >= 0.6 is 0 Å². The smallest absolute Gasteiger partial charge is 0.0547 e. The molecule has 0 bridgehead atoms. The van der Waals surface area contributed by atoms with Crippen LogP contribution in [0.4, 0.5) is 17.1 Å². The second-order valence-electron chi connectivity index (χ2n) is 13.4. The Bertz CT molecular complexity index is 2760. The Balaban J connectivity index is 1.10. The van der Waals surface area contributed by atoms with Gasteiger partial charge in [0.1, 0.15) is 0 Å². The summed E-state index contributed by atoms with van der Waals surface area (Å²) in [6, 6.07) is 74.6. The van der Waals surface area contributed by atoms with Gasteiger partial charge in [0.05, 0.1) is 11.0 Å². The molecule has 0 saturated carbocycles. The van der Waals surface area contributed by atoms with Gasteiger partial charge < -0.3 is 9.47 Å². The van der Waals surface area contributed by atoms with Crippen LogP contribution in [-0.2, 0) is 0 Å². The highest BCUT2D eigenvalue weighted by atomic mass is 15.1. The highest BCUT2D eigenvalue weighted by Crippen LogP contribution is 2.41. The van der Waals surface area contributed by atoms with Crippen LogP contribution in [0.2, 0.25) is 0 Å². The van der Waals surface area contributed by atoms with E-state index in [2.05, 4.69) is 216 Å². The van der Waals surface area contributed by atoms with Gasteiger partial charge in [0, 0.05) is 33.5 Å². The van der Waals surface area contributed by atoms with Crippen LogP contribution in [-0.4, -0.2) is 4.57 Å². The molecule has 10 aromatic rings. The van der Waals surface area contributed by atoms with E-state index in [9.17, 15) is 0 Å². The molecule has 0 aliphatic heterocycles. The van der Waals surface area contributed by atoms with Crippen molar-refractivity contribution in [2.75, 3.05) is 4.90 Å². The first kappa shape index (κ1) is 30.0. The molecule has 0 atom stereocenters. The predicted molar refractivity (Wildman–Crippen MR) is 220 cm³/mol. The number of rotatable bonds is 7. The van der Waals surface area contributed by atoms with E-state index in [1.165, 1.54) is 60.4 Å². The lowest BCUT2D eigenvalue weighted by Gasteiger charge is -2.27. The van der Waals surface area contributed by atoms with E-state index in [1.807, 2.05) is 0 Å². The standard InChI is InChI=1S/C50H34N2/c1-3-12-35(13-4-1)37-28-30-43(31-29-37)51(44-21-7-18-40(32-44)36-14-5-2-6-15-36)45-22-8-19-41(33-45)42-20-9-23-46(34-42)52-47-24-10-16-38-26-27-39-17-11-25-48(52)50(39)49(38)47/h1-34H. The third-order valence-corrected chi connectivity index (χ3v) is 10.3. The third kappa shape index (κ3) is 5.12. The number of hydrogen-bond donors (Lipinski definition) is 0. The highest BCUT2D eigenvalue weighted by molar-refractivity contribution is 6.24. The normalized spacial score (nSPS) is 11.5. The third-order valence-electron chi connectivity index (χ3n) is 10.3. The van der Waals surface area contributed by atoms with Crippen LogP contribution in [0.15, 0.2) is 206 Å². The van der Waals surface area contributed by atoms with Crippen LogP contribution in [0, 0.1) is 0 Å². The molecule has 2 nitrogen and oxygen atoms in total. The van der Waals surface area contributed by atoms with Gasteiger partial charge in [0.25, 0.3) is 0 Å². The fraction of sp³-hybridized carbons (Fsp3) is 0. The summed E-state index contributed by atoms with van der Waals surface area (Å²) in [5.41, 5.74) is 14.1. The van der Waals surface area contributed by atoms with Gasteiger partial charge in [-0.1, -0.05) is 146 Å². The molecule has 1 heterocycles. The molecule has 9 aromatic carbocycles. The molecule has 0 saturated heterocycles. The first-order chi connectivity index (χ1) is 25.8. The maximum atomic E-state index is 2.42. The lowest BCUT2D eigenvalue weighted by atomic mass is 10.0. The maximum absolute atomic E-state index is 2.42. The van der Waals surface area contributed by atoms with Crippen molar-refractivity contribution in [3.63, 3.8) is 0 Å². The fourth-order valence-corrected chi connectivity index (χ4v) is 7.88. The molecule has 0 amide bonds. The second kappa shape index (κ2) is 12.5. The average molecular weight is 663 g/mol. The van der Waals surface area contributed by atoms with Crippen LogP contribution in [0.1, 0.15) is 0 Å².